The first-order valence-electron chi connectivity index (χ1n) is 13.3. The number of carbonyl (C=O) groups is 4. The number of rotatable bonds is 5. The number of hydrogen-bond donors (Lipinski definition) is 3. The smallest absolute Gasteiger partial charge is 0.256 e. The Kier molecular flexibility index (Phi) is 6.38. The average Bonchev–Trinajstić information content (AvgIpc) is 3.50. The lowest BCUT2D eigenvalue weighted by molar-refractivity contribution is -0.136. The van der Waals surface area contributed by atoms with Crippen molar-refractivity contribution in [2.24, 2.45) is 0 Å². The Hall–Kier alpha value is -4.47. The minimum absolute atomic E-state index is 0.141. The number of nitrogens with zero attached hydrogens (tertiary/aromatic N) is 3. The maximum absolute atomic E-state index is 13.0. The Morgan fingerprint density at radius 2 is 1.77 bits per heavy atom. The zero-order chi connectivity index (χ0) is 27.1. The quantitative estimate of drug-likeness (QED) is 0.439. The molecule has 1 atom stereocenters. The molecule has 0 spiro atoms. The van der Waals surface area contributed by atoms with Crippen LogP contribution in [0.3, 0.4) is 0 Å². The molecule has 39 heavy (non-hydrogen) atoms. The van der Waals surface area contributed by atoms with Crippen molar-refractivity contribution in [1.29, 1.82) is 0 Å². The number of aromatic nitrogens is 2. The molecule has 2 aromatic carbocycles. The molecule has 4 heterocycles. The molecule has 2 saturated heterocycles. The van der Waals surface area contributed by atoms with Crippen molar-refractivity contribution < 1.29 is 19.2 Å². The largest absolute Gasteiger partial charge is 0.371 e. The lowest BCUT2D eigenvalue weighted by Crippen LogP contribution is -2.52. The number of aromatic amines is 1. The highest BCUT2D eigenvalue weighted by Crippen LogP contribution is 2.34. The van der Waals surface area contributed by atoms with E-state index in [-0.39, 0.29) is 30.0 Å². The molecule has 1 unspecified atom stereocenters. The van der Waals surface area contributed by atoms with Crippen LogP contribution in [0.25, 0.3) is 0 Å². The van der Waals surface area contributed by atoms with E-state index in [1.54, 1.807) is 11.0 Å². The van der Waals surface area contributed by atoms with E-state index < -0.39 is 6.04 Å². The number of hydrogen-bond acceptors (Lipinski definition) is 6. The summed E-state index contributed by atoms with van der Waals surface area (Å²) >= 11 is 0. The first-order valence-corrected chi connectivity index (χ1v) is 13.3. The van der Waals surface area contributed by atoms with Gasteiger partial charge in [0, 0.05) is 54.6 Å². The van der Waals surface area contributed by atoms with Gasteiger partial charge < -0.3 is 15.1 Å². The summed E-state index contributed by atoms with van der Waals surface area (Å²) in [6.07, 6.45) is 2.57. The Bertz CT molecular complexity index is 1450. The van der Waals surface area contributed by atoms with E-state index in [0.29, 0.717) is 35.8 Å². The van der Waals surface area contributed by atoms with Crippen molar-refractivity contribution in [2.45, 2.75) is 51.1 Å². The van der Waals surface area contributed by atoms with Crippen molar-refractivity contribution in [3.8, 4) is 0 Å². The number of amides is 4. The number of carbonyl (C=O) groups excluding carboxylic acids is 4. The summed E-state index contributed by atoms with van der Waals surface area (Å²) in [6.45, 7) is 4.05. The van der Waals surface area contributed by atoms with Gasteiger partial charge in [0.05, 0.1) is 0 Å². The fourth-order valence-corrected chi connectivity index (χ4v) is 5.81. The maximum Gasteiger partial charge on any atom is 0.256 e. The zero-order valence-corrected chi connectivity index (χ0v) is 21.7. The Balaban J connectivity index is 1.06. The maximum atomic E-state index is 13.0. The van der Waals surface area contributed by atoms with Gasteiger partial charge in [-0.15, -0.1) is 0 Å². The second-order valence-electron chi connectivity index (χ2n) is 10.5. The van der Waals surface area contributed by atoms with Crippen LogP contribution < -0.4 is 15.5 Å². The van der Waals surface area contributed by atoms with Crippen LogP contribution in [-0.4, -0.2) is 57.9 Å². The fraction of sp³-hybridized carbons (Fsp3) is 0.345. The lowest BCUT2D eigenvalue weighted by atomic mass is 9.87. The van der Waals surface area contributed by atoms with Crippen LogP contribution in [0, 0.1) is 6.92 Å². The van der Waals surface area contributed by atoms with Crippen LogP contribution >= 0.6 is 0 Å². The summed E-state index contributed by atoms with van der Waals surface area (Å²) in [4.78, 5) is 53.3. The molecule has 3 aliphatic heterocycles. The third-order valence-corrected chi connectivity index (χ3v) is 7.96. The van der Waals surface area contributed by atoms with Gasteiger partial charge in [0.25, 0.3) is 11.8 Å². The van der Waals surface area contributed by atoms with Crippen molar-refractivity contribution >= 4 is 35.1 Å². The summed E-state index contributed by atoms with van der Waals surface area (Å²) in [5, 5.41) is 12.0. The second-order valence-corrected chi connectivity index (χ2v) is 10.5. The van der Waals surface area contributed by atoms with Crippen molar-refractivity contribution in [3.05, 3.63) is 76.5 Å². The highest BCUT2D eigenvalue weighted by Gasteiger charge is 2.39. The van der Waals surface area contributed by atoms with E-state index in [0.717, 1.165) is 42.9 Å². The Morgan fingerprint density at radius 3 is 2.46 bits per heavy atom. The van der Waals surface area contributed by atoms with E-state index >= 15 is 0 Å². The van der Waals surface area contributed by atoms with E-state index in [2.05, 4.69) is 31.8 Å². The molecule has 10 heteroatoms. The Morgan fingerprint density at radius 1 is 1.00 bits per heavy atom. The third kappa shape index (κ3) is 4.89. The van der Waals surface area contributed by atoms with E-state index in [9.17, 15) is 19.2 Å². The molecule has 0 saturated carbocycles. The van der Waals surface area contributed by atoms with Crippen LogP contribution in [-0.2, 0) is 16.1 Å². The first-order chi connectivity index (χ1) is 18.9. The van der Waals surface area contributed by atoms with Gasteiger partial charge in [0.15, 0.2) is 5.82 Å². The number of benzene rings is 2. The second kappa shape index (κ2) is 10.0. The number of nitrogens with one attached hydrogen (secondary N) is 3. The number of piperidine rings is 2. The van der Waals surface area contributed by atoms with Gasteiger partial charge in [-0.25, -0.2) is 0 Å². The summed E-state index contributed by atoms with van der Waals surface area (Å²) in [6, 6.07) is 14.9. The van der Waals surface area contributed by atoms with E-state index in [1.165, 1.54) is 5.56 Å². The van der Waals surface area contributed by atoms with Gasteiger partial charge >= 0.3 is 0 Å². The van der Waals surface area contributed by atoms with Gasteiger partial charge in [-0.2, -0.15) is 5.10 Å². The standard InChI is InChI=1S/C29H30N6O4/c1-17-14-25(33-32-17)30-27(37)19-2-5-22(6-3-19)34-12-10-18(11-13-34)20-4-7-23-21(15-20)16-35(29(23)39)24-8-9-26(36)31-28(24)38/h2-7,14-15,18,24H,8-13,16H2,1H3,(H,31,36,38)(H2,30,32,33,37). The highest BCUT2D eigenvalue weighted by molar-refractivity contribution is 6.05. The molecule has 0 aliphatic carbocycles. The fourth-order valence-electron chi connectivity index (χ4n) is 5.81. The molecule has 0 bridgehead atoms. The summed E-state index contributed by atoms with van der Waals surface area (Å²) in [7, 11) is 0. The monoisotopic (exact) mass is 526 g/mol. The van der Waals surface area contributed by atoms with Crippen LogP contribution in [0.1, 0.15) is 69.1 Å². The summed E-state index contributed by atoms with van der Waals surface area (Å²) < 4.78 is 0. The minimum Gasteiger partial charge on any atom is -0.371 e. The number of aryl methyl sites for hydroxylation is 1. The van der Waals surface area contributed by atoms with Crippen LogP contribution in [0.5, 0.6) is 0 Å². The van der Waals surface area contributed by atoms with E-state index in [1.807, 2.05) is 43.3 Å². The molecular weight excluding hydrogens is 496 g/mol. The number of imide groups is 1. The molecule has 2 fully saturated rings. The summed E-state index contributed by atoms with van der Waals surface area (Å²) in [5.74, 6) is -0.121. The SMILES string of the molecule is Cc1cc(NC(=O)c2ccc(N3CCC(c4ccc5c(c4)CN(C4CCC(=O)NC4=O)C5=O)CC3)cc2)n[nH]1. The molecule has 3 aromatic rings. The van der Waals surface area contributed by atoms with Gasteiger partial charge in [0.2, 0.25) is 11.8 Å². The number of anilines is 2. The summed E-state index contributed by atoms with van der Waals surface area (Å²) in [5.41, 5.74) is 5.35. The van der Waals surface area contributed by atoms with Crippen molar-refractivity contribution in [2.75, 3.05) is 23.3 Å². The van der Waals surface area contributed by atoms with Gasteiger partial charge in [-0.05, 0) is 73.6 Å². The predicted octanol–water partition coefficient (Wildman–Crippen LogP) is 3.12. The molecule has 4 amide bonds. The lowest BCUT2D eigenvalue weighted by Gasteiger charge is -2.34. The predicted molar refractivity (Wildman–Crippen MR) is 144 cm³/mol. The number of fused-ring (bicyclic) bond motifs is 1. The van der Waals surface area contributed by atoms with Crippen LogP contribution in [0.2, 0.25) is 0 Å². The van der Waals surface area contributed by atoms with Gasteiger partial charge in [-0.3, -0.25) is 29.6 Å². The molecule has 1 aromatic heterocycles. The first kappa shape index (κ1) is 24.8. The molecule has 3 N–H and O–H groups in total. The topological polar surface area (TPSA) is 128 Å². The molecule has 0 radical (unpaired) electrons. The zero-order valence-electron chi connectivity index (χ0n) is 21.7. The minimum atomic E-state index is -0.596. The third-order valence-electron chi connectivity index (χ3n) is 7.96. The van der Waals surface area contributed by atoms with E-state index in [4.69, 9.17) is 0 Å². The van der Waals surface area contributed by atoms with Gasteiger partial charge in [-0.1, -0.05) is 12.1 Å². The normalized spacial score (nSPS) is 19.7. The molecule has 200 valence electrons. The van der Waals surface area contributed by atoms with Crippen molar-refractivity contribution in [3.63, 3.8) is 0 Å². The molecular formula is C29H30N6O4. The molecule has 3 aliphatic rings. The van der Waals surface area contributed by atoms with Crippen LogP contribution in [0.15, 0.2) is 48.5 Å². The van der Waals surface area contributed by atoms with Gasteiger partial charge in [0.1, 0.15) is 6.04 Å². The average molecular weight is 527 g/mol. The Labute approximate surface area is 225 Å². The molecule has 6 rings (SSSR count). The molecule has 10 nitrogen and oxygen atoms in total. The van der Waals surface area contributed by atoms with Crippen LogP contribution in [0.4, 0.5) is 11.5 Å². The van der Waals surface area contributed by atoms with Crippen molar-refractivity contribution in [1.82, 2.24) is 20.4 Å². The highest BCUT2D eigenvalue weighted by atomic mass is 16.2. The number of H-pyrrole nitrogens is 1.